The van der Waals surface area contributed by atoms with Crippen molar-refractivity contribution in [3.63, 3.8) is 0 Å². The minimum Gasteiger partial charge on any atom is -0.399 e. The van der Waals surface area contributed by atoms with Gasteiger partial charge in [-0.25, -0.2) is 4.58 Å². The largest absolute Gasteiger partial charge is 0.399 e. The second-order valence-electron chi connectivity index (χ2n) is 7.27. The molecule has 0 spiro atoms. The molecule has 4 rings (SSSR count). The summed E-state index contributed by atoms with van der Waals surface area (Å²) in [5.74, 6) is 0. The second-order valence-corrected chi connectivity index (χ2v) is 8.35. The van der Waals surface area contributed by atoms with Gasteiger partial charge in [0.2, 0.25) is 0 Å². The van der Waals surface area contributed by atoms with Crippen molar-refractivity contribution in [2.45, 2.75) is 0 Å². The average Bonchev–Trinajstić information content (AvgIpc) is 2.73. The van der Waals surface area contributed by atoms with Gasteiger partial charge in [-0.3, -0.25) is 0 Å². The standard InChI is InChI=1S/C25H24N3S/c1-28(2)23-11-9-17(10-12-23)20-15-24(18-5-3-7-21(26)13-18)29-25(16-20)19-6-4-8-22(27)14-19/h3-16H,26-27H2,1-2H3/q+1. The molecule has 0 radical (unpaired) electrons. The lowest BCUT2D eigenvalue weighted by molar-refractivity contribution is -0.462. The molecular weight excluding hydrogens is 374 g/mol. The molecule has 0 bridgehead atoms. The number of hydrogen-bond acceptors (Lipinski definition) is 3. The Bertz CT molecular complexity index is 1070. The average molecular weight is 399 g/mol. The predicted octanol–water partition coefficient (Wildman–Crippen LogP) is 5.12. The van der Waals surface area contributed by atoms with E-state index in [0.717, 1.165) is 22.5 Å². The minimum atomic E-state index is 0.765. The number of nitrogens with zero attached hydrogens (tertiary/aromatic N) is 1. The van der Waals surface area contributed by atoms with Gasteiger partial charge in [-0.2, -0.15) is 0 Å². The van der Waals surface area contributed by atoms with Crippen LogP contribution in [0.1, 0.15) is 11.1 Å². The summed E-state index contributed by atoms with van der Waals surface area (Å²) in [6, 6.07) is 16.1. The molecule has 0 aromatic heterocycles. The van der Waals surface area contributed by atoms with Crippen molar-refractivity contribution in [3.8, 4) is 0 Å². The monoisotopic (exact) mass is 398 g/mol. The third kappa shape index (κ3) is 4.28. The summed E-state index contributed by atoms with van der Waals surface area (Å²) in [5.41, 5.74) is 19.4. The zero-order valence-electron chi connectivity index (χ0n) is 16.6. The molecule has 2 aromatic rings. The van der Waals surface area contributed by atoms with Crippen LogP contribution >= 0.6 is 11.8 Å². The van der Waals surface area contributed by atoms with Crippen LogP contribution in [0.4, 0.5) is 11.4 Å². The molecule has 2 aromatic carbocycles. The highest BCUT2D eigenvalue weighted by atomic mass is 32.2. The van der Waals surface area contributed by atoms with Crippen LogP contribution in [-0.2, 0) is 0 Å². The number of rotatable bonds is 2. The maximum Gasteiger partial charge on any atom is 0.199 e. The van der Waals surface area contributed by atoms with E-state index in [2.05, 4.69) is 67.3 Å². The summed E-state index contributed by atoms with van der Waals surface area (Å²) in [6.07, 6.45) is 13.1. The summed E-state index contributed by atoms with van der Waals surface area (Å²) >= 11 is 1.74. The van der Waals surface area contributed by atoms with Crippen molar-refractivity contribution < 1.29 is 4.58 Å². The molecule has 0 atom stereocenters. The molecule has 29 heavy (non-hydrogen) atoms. The molecule has 0 saturated heterocycles. The van der Waals surface area contributed by atoms with Crippen LogP contribution in [0.25, 0.3) is 9.81 Å². The van der Waals surface area contributed by atoms with Crippen LogP contribution in [0.5, 0.6) is 0 Å². The summed E-state index contributed by atoms with van der Waals surface area (Å²) in [4.78, 5) is 2.34. The fourth-order valence-electron chi connectivity index (χ4n) is 3.29. The smallest absolute Gasteiger partial charge is 0.199 e. The number of nitrogens with two attached hydrogens (primary N) is 2. The summed E-state index contributed by atoms with van der Waals surface area (Å²) in [7, 11) is 4.10. The van der Waals surface area contributed by atoms with Crippen molar-refractivity contribution in [1.82, 2.24) is 0 Å². The Morgan fingerprint density at radius 1 is 0.690 bits per heavy atom. The lowest BCUT2D eigenvalue weighted by Crippen LogP contribution is -2.10. The molecule has 144 valence electrons. The Hall–Kier alpha value is -3.24. The maximum atomic E-state index is 6.04. The normalized spacial score (nSPS) is 16.0. The maximum absolute atomic E-state index is 6.04. The quantitative estimate of drug-likeness (QED) is 0.546. The van der Waals surface area contributed by atoms with Gasteiger partial charge in [0.25, 0.3) is 0 Å². The molecule has 2 aliphatic rings. The topological polar surface area (TPSA) is 55.0 Å². The first-order valence-electron chi connectivity index (χ1n) is 9.47. The van der Waals surface area contributed by atoms with E-state index in [1.807, 2.05) is 36.4 Å². The Balaban J connectivity index is 1.83. The van der Waals surface area contributed by atoms with E-state index >= 15 is 0 Å². The van der Waals surface area contributed by atoms with Gasteiger partial charge in [0.15, 0.2) is 5.71 Å². The van der Waals surface area contributed by atoms with E-state index in [1.165, 1.54) is 26.7 Å². The molecule has 0 saturated carbocycles. The first-order chi connectivity index (χ1) is 14.0. The zero-order chi connectivity index (χ0) is 20.4. The Kier molecular flexibility index (Phi) is 5.28. The molecule has 4 N–H and O–H groups in total. The van der Waals surface area contributed by atoms with E-state index in [0.29, 0.717) is 0 Å². The summed E-state index contributed by atoms with van der Waals surface area (Å²) in [5, 5.41) is 0. The third-order valence-corrected chi connectivity index (χ3v) is 6.00. The molecule has 1 aliphatic heterocycles. The fourth-order valence-corrected chi connectivity index (χ4v) is 4.39. The molecule has 1 heterocycles. The fraction of sp³-hybridized carbons (Fsp3) is 0.0800. The first-order valence-corrected chi connectivity index (χ1v) is 10.3. The van der Waals surface area contributed by atoms with E-state index in [9.17, 15) is 0 Å². The van der Waals surface area contributed by atoms with Crippen molar-refractivity contribution in [2.24, 2.45) is 0 Å². The van der Waals surface area contributed by atoms with Crippen LogP contribution in [0.2, 0.25) is 0 Å². The van der Waals surface area contributed by atoms with E-state index in [1.54, 1.807) is 11.8 Å². The Labute approximate surface area is 176 Å². The van der Waals surface area contributed by atoms with Crippen LogP contribution in [-0.4, -0.2) is 24.4 Å². The van der Waals surface area contributed by atoms with E-state index < -0.39 is 0 Å². The molecule has 4 heteroatoms. The highest BCUT2D eigenvalue weighted by Crippen LogP contribution is 2.45. The molecule has 0 fully saturated rings. The van der Waals surface area contributed by atoms with Crippen LogP contribution < -0.4 is 11.5 Å². The van der Waals surface area contributed by atoms with E-state index in [-0.39, 0.29) is 0 Å². The molecule has 3 nitrogen and oxygen atoms in total. The lowest BCUT2D eigenvalue weighted by Gasteiger charge is -2.19. The van der Waals surface area contributed by atoms with Gasteiger partial charge in [0, 0.05) is 33.3 Å². The first kappa shape index (κ1) is 19.1. The number of hydrogen-bond donors (Lipinski definition) is 2. The highest BCUT2D eigenvalue weighted by molar-refractivity contribution is 8.16. The summed E-state index contributed by atoms with van der Waals surface area (Å²) < 4.78 is 2.10. The number of allylic oxidation sites excluding steroid dienone is 8. The molecular formula is C25H24N3S+. The molecule has 0 amide bonds. The molecule has 1 aliphatic carbocycles. The zero-order valence-corrected chi connectivity index (χ0v) is 17.4. The number of anilines is 2. The number of benzene rings is 2. The second kappa shape index (κ2) is 8.02. The van der Waals surface area contributed by atoms with Gasteiger partial charge in [-0.15, -0.1) is 0 Å². The Morgan fingerprint density at radius 3 is 1.66 bits per heavy atom. The van der Waals surface area contributed by atoms with Crippen molar-refractivity contribution >= 4 is 38.7 Å². The SMILES string of the molecule is C[N+](C)=C1C=CC(=C2C=C(c3cccc(N)c3)SC(c3cccc(N)c3)=C2)C=C1. The van der Waals surface area contributed by atoms with Crippen molar-refractivity contribution in [3.05, 3.63) is 107 Å². The van der Waals surface area contributed by atoms with Gasteiger partial charge in [-0.05, 0) is 70.8 Å². The number of nitrogen functional groups attached to an aromatic ring is 2. The predicted molar refractivity (Wildman–Crippen MR) is 128 cm³/mol. The third-order valence-electron chi connectivity index (χ3n) is 4.85. The van der Waals surface area contributed by atoms with Crippen molar-refractivity contribution in [2.75, 3.05) is 25.6 Å². The van der Waals surface area contributed by atoms with Crippen LogP contribution in [0.15, 0.2) is 96.1 Å². The van der Waals surface area contributed by atoms with Gasteiger partial charge in [-0.1, -0.05) is 36.0 Å². The highest BCUT2D eigenvalue weighted by Gasteiger charge is 2.17. The van der Waals surface area contributed by atoms with Crippen LogP contribution in [0.3, 0.4) is 0 Å². The Morgan fingerprint density at radius 2 is 1.21 bits per heavy atom. The number of thioether (sulfide) groups is 1. The van der Waals surface area contributed by atoms with Gasteiger partial charge >= 0.3 is 0 Å². The minimum absolute atomic E-state index is 0.765. The van der Waals surface area contributed by atoms with Gasteiger partial charge in [0.1, 0.15) is 14.1 Å². The lowest BCUT2D eigenvalue weighted by atomic mass is 9.99. The van der Waals surface area contributed by atoms with Gasteiger partial charge < -0.3 is 11.5 Å². The summed E-state index contributed by atoms with van der Waals surface area (Å²) in [6.45, 7) is 0. The van der Waals surface area contributed by atoms with Crippen molar-refractivity contribution in [1.29, 1.82) is 0 Å². The molecule has 0 unspecified atom stereocenters. The van der Waals surface area contributed by atoms with Crippen LogP contribution in [0, 0.1) is 0 Å². The van der Waals surface area contributed by atoms with Gasteiger partial charge in [0.05, 0.1) is 0 Å². The van der Waals surface area contributed by atoms with E-state index in [4.69, 9.17) is 11.5 Å².